The van der Waals surface area contributed by atoms with Crippen molar-refractivity contribution in [3.8, 4) is 16.9 Å². The van der Waals surface area contributed by atoms with Crippen molar-refractivity contribution in [3.05, 3.63) is 58.6 Å². The number of carbonyl (C=O) groups is 1. The van der Waals surface area contributed by atoms with Crippen LogP contribution in [0.5, 0.6) is 0 Å². The third-order valence-electron chi connectivity index (χ3n) is 5.45. The SMILES string of the molecule is COCCn1cc(C(=O)N2CCC[C@H](C)C2)c2nn(-c3ccccc3)c(=O)c-2c1. The number of carbonyl (C=O) groups excluding carboxylic acids is 1. The van der Waals surface area contributed by atoms with E-state index < -0.39 is 0 Å². The van der Waals surface area contributed by atoms with Gasteiger partial charge in [0.1, 0.15) is 5.69 Å². The Morgan fingerprint density at radius 2 is 2.03 bits per heavy atom. The second kappa shape index (κ2) is 8.21. The molecule has 0 saturated carbocycles. The number of aromatic nitrogens is 3. The minimum Gasteiger partial charge on any atom is -0.383 e. The van der Waals surface area contributed by atoms with Crippen LogP contribution in [0.25, 0.3) is 16.9 Å². The molecular weight excluding hydrogens is 368 g/mol. The molecular formula is C22H26N4O3. The van der Waals surface area contributed by atoms with Crippen LogP contribution in [0.1, 0.15) is 30.1 Å². The average molecular weight is 394 g/mol. The fraction of sp³-hybridized carbons (Fsp3) is 0.409. The maximum Gasteiger partial charge on any atom is 0.282 e. The molecule has 3 aliphatic rings. The number of para-hydroxylation sites is 1. The molecule has 0 aliphatic carbocycles. The topological polar surface area (TPSA) is 69.4 Å². The Morgan fingerprint density at radius 1 is 1.24 bits per heavy atom. The van der Waals surface area contributed by atoms with Crippen LogP contribution in [0.2, 0.25) is 0 Å². The number of rotatable bonds is 5. The second-order valence-electron chi connectivity index (χ2n) is 7.72. The first-order chi connectivity index (χ1) is 14.1. The highest BCUT2D eigenvalue weighted by atomic mass is 16.5. The number of nitrogens with zero attached hydrogens (tertiary/aromatic N) is 4. The highest BCUT2D eigenvalue weighted by molar-refractivity contribution is 6.00. The quantitative estimate of drug-likeness (QED) is 0.667. The summed E-state index contributed by atoms with van der Waals surface area (Å²) in [7, 11) is 1.63. The monoisotopic (exact) mass is 394 g/mol. The highest BCUT2D eigenvalue weighted by Gasteiger charge is 2.29. The Labute approximate surface area is 169 Å². The van der Waals surface area contributed by atoms with Crippen molar-refractivity contribution in [2.45, 2.75) is 26.3 Å². The smallest absolute Gasteiger partial charge is 0.282 e. The summed E-state index contributed by atoms with van der Waals surface area (Å²) in [5.74, 6) is 0.412. The maximum absolute atomic E-state index is 13.4. The van der Waals surface area contributed by atoms with Gasteiger partial charge in [0.15, 0.2) is 0 Å². The largest absolute Gasteiger partial charge is 0.383 e. The molecule has 7 heteroatoms. The molecule has 1 saturated heterocycles. The zero-order chi connectivity index (χ0) is 20.4. The molecule has 1 aromatic carbocycles. The summed E-state index contributed by atoms with van der Waals surface area (Å²) in [4.78, 5) is 28.3. The van der Waals surface area contributed by atoms with Crippen LogP contribution < -0.4 is 5.56 Å². The predicted molar refractivity (Wildman–Crippen MR) is 111 cm³/mol. The number of hydrogen-bond acceptors (Lipinski definition) is 4. The van der Waals surface area contributed by atoms with E-state index in [0.29, 0.717) is 41.6 Å². The van der Waals surface area contributed by atoms with Crippen LogP contribution >= 0.6 is 0 Å². The van der Waals surface area contributed by atoms with E-state index in [0.717, 1.165) is 25.9 Å². The van der Waals surface area contributed by atoms with Crippen molar-refractivity contribution in [1.82, 2.24) is 19.2 Å². The second-order valence-corrected chi connectivity index (χ2v) is 7.72. The minimum absolute atomic E-state index is 0.0639. The third-order valence-corrected chi connectivity index (χ3v) is 5.45. The predicted octanol–water partition coefficient (Wildman–Crippen LogP) is 2.66. The molecule has 0 spiro atoms. The number of likely N-dealkylation sites (tertiary alicyclic amines) is 1. The number of amides is 1. The van der Waals surface area contributed by atoms with Gasteiger partial charge in [-0.1, -0.05) is 25.1 Å². The van der Waals surface area contributed by atoms with Gasteiger partial charge in [0.25, 0.3) is 11.5 Å². The summed E-state index contributed by atoms with van der Waals surface area (Å²) < 4.78 is 8.41. The molecule has 7 nitrogen and oxygen atoms in total. The molecule has 3 aliphatic heterocycles. The fourth-order valence-corrected chi connectivity index (χ4v) is 3.93. The van der Waals surface area contributed by atoms with E-state index in [2.05, 4.69) is 12.0 Å². The molecule has 1 aromatic rings. The van der Waals surface area contributed by atoms with Crippen LogP contribution in [-0.2, 0) is 11.3 Å². The van der Waals surface area contributed by atoms with Crippen molar-refractivity contribution in [2.75, 3.05) is 26.8 Å². The average Bonchev–Trinajstić information content (AvgIpc) is 3.08. The molecule has 29 heavy (non-hydrogen) atoms. The maximum atomic E-state index is 13.4. The van der Waals surface area contributed by atoms with Crippen LogP contribution in [0, 0.1) is 5.92 Å². The molecule has 1 atom stereocenters. The van der Waals surface area contributed by atoms with E-state index in [9.17, 15) is 9.59 Å². The molecule has 3 heterocycles. The van der Waals surface area contributed by atoms with Crippen molar-refractivity contribution in [1.29, 1.82) is 0 Å². The Kier molecular flexibility index (Phi) is 5.49. The number of hydrogen-bond donors (Lipinski definition) is 0. The van der Waals surface area contributed by atoms with Gasteiger partial charge < -0.3 is 14.2 Å². The van der Waals surface area contributed by atoms with E-state index in [1.165, 1.54) is 4.68 Å². The number of benzene rings is 1. The standard InChI is InChI=1S/C22H26N4O3/c1-16-7-6-10-25(13-16)21(27)18-14-24(11-12-29-2)15-19-20(18)23-26(22(19)28)17-8-4-3-5-9-17/h3-5,8-9,14-16H,6-7,10-13H2,1-2H3/t16-/m0/s1. The molecule has 0 aromatic heterocycles. The summed E-state index contributed by atoms with van der Waals surface area (Å²) in [6.45, 7) is 4.68. The van der Waals surface area contributed by atoms with Crippen LogP contribution in [-0.4, -0.2) is 52.0 Å². The molecule has 1 fully saturated rings. The Bertz CT molecular complexity index is 1020. The van der Waals surface area contributed by atoms with Gasteiger partial charge >= 0.3 is 0 Å². The van der Waals surface area contributed by atoms with E-state index in [1.54, 1.807) is 19.5 Å². The van der Waals surface area contributed by atoms with Crippen molar-refractivity contribution < 1.29 is 9.53 Å². The van der Waals surface area contributed by atoms with E-state index in [4.69, 9.17) is 4.74 Å². The van der Waals surface area contributed by atoms with Crippen molar-refractivity contribution in [3.63, 3.8) is 0 Å². The van der Waals surface area contributed by atoms with Crippen LogP contribution in [0.15, 0.2) is 47.5 Å². The Morgan fingerprint density at radius 3 is 2.76 bits per heavy atom. The Balaban J connectivity index is 1.83. The van der Waals surface area contributed by atoms with E-state index in [1.807, 2.05) is 39.8 Å². The first-order valence-corrected chi connectivity index (χ1v) is 10.0. The Hall–Kier alpha value is -2.93. The zero-order valence-electron chi connectivity index (χ0n) is 16.9. The number of piperidine rings is 1. The summed E-state index contributed by atoms with van der Waals surface area (Å²) >= 11 is 0. The molecule has 0 bridgehead atoms. The molecule has 4 rings (SSSR count). The summed E-state index contributed by atoms with van der Waals surface area (Å²) in [5.41, 5.74) is 1.83. The summed E-state index contributed by atoms with van der Waals surface area (Å²) in [6, 6.07) is 9.28. The number of fused-ring (bicyclic) bond motifs is 1. The third kappa shape index (κ3) is 3.82. The van der Waals surface area contributed by atoms with Crippen LogP contribution in [0.4, 0.5) is 0 Å². The van der Waals surface area contributed by atoms with Gasteiger partial charge in [0.2, 0.25) is 0 Å². The summed E-state index contributed by atoms with van der Waals surface area (Å²) in [5, 5.41) is 4.55. The lowest BCUT2D eigenvalue weighted by Gasteiger charge is -2.31. The molecule has 152 valence electrons. The highest BCUT2D eigenvalue weighted by Crippen LogP contribution is 2.25. The van der Waals surface area contributed by atoms with E-state index in [-0.39, 0.29) is 11.5 Å². The lowest BCUT2D eigenvalue weighted by atomic mass is 9.99. The fourth-order valence-electron chi connectivity index (χ4n) is 3.93. The first kappa shape index (κ1) is 19.4. The zero-order valence-corrected chi connectivity index (χ0v) is 16.9. The lowest BCUT2D eigenvalue weighted by molar-refractivity contribution is 0.0682. The molecule has 1 amide bonds. The number of methoxy groups -OCH3 is 1. The van der Waals surface area contributed by atoms with E-state index >= 15 is 0 Å². The van der Waals surface area contributed by atoms with Crippen molar-refractivity contribution >= 4 is 5.91 Å². The van der Waals surface area contributed by atoms with Crippen molar-refractivity contribution in [2.24, 2.45) is 5.92 Å². The van der Waals surface area contributed by atoms with Gasteiger partial charge in [-0.3, -0.25) is 9.59 Å². The van der Waals surface area contributed by atoms with Gasteiger partial charge in [-0.05, 0) is 30.9 Å². The molecule has 0 radical (unpaired) electrons. The first-order valence-electron chi connectivity index (χ1n) is 10.0. The van der Waals surface area contributed by atoms with Gasteiger partial charge in [-0.25, -0.2) is 0 Å². The van der Waals surface area contributed by atoms with Crippen LogP contribution in [0.3, 0.4) is 0 Å². The van der Waals surface area contributed by atoms with Gasteiger partial charge in [-0.15, -0.1) is 0 Å². The molecule has 0 unspecified atom stereocenters. The minimum atomic E-state index is -0.223. The molecule has 0 N–H and O–H groups in total. The van der Waals surface area contributed by atoms with Gasteiger partial charge in [0.05, 0.1) is 23.4 Å². The summed E-state index contributed by atoms with van der Waals surface area (Å²) in [6.07, 6.45) is 5.69. The normalized spacial score (nSPS) is 17.0. The number of pyridine rings is 1. The number of ether oxygens (including phenoxy) is 1. The van der Waals surface area contributed by atoms with Gasteiger partial charge in [0, 0.05) is 39.1 Å². The van der Waals surface area contributed by atoms with Gasteiger partial charge in [-0.2, -0.15) is 9.78 Å². The lowest BCUT2D eigenvalue weighted by Crippen LogP contribution is -2.39.